The molecule has 3 heteroatoms. The maximum Gasteiger partial charge on any atom is 0.122 e. The van der Waals surface area contributed by atoms with Crippen molar-refractivity contribution in [3.63, 3.8) is 0 Å². The fourth-order valence-electron chi connectivity index (χ4n) is 1.85. The lowest BCUT2D eigenvalue weighted by Gasteiger charge is -2.10. The predicted molar refractivity (Wildman–Crippen MR) is 72.4 cm³/mol. The molecule has 0 heterocycles. The summed E-state index contributed by atoms with van der Waals surface area (Å²) in [5.41, 5.74) is 8.04. The van der Waals surface area contributed by atoms with E-state index in [1.165, 1.54) is 11.1 Å². The van der Waals surface area contributed by atoms with E-state index in [1.54, 1.807) is 7.11 Å². The van der Waals surface area contributed by atoms with Crippen molar-refractivity contribution in [1.29, 1.82) is 0 Å². The number of ether oxygens (including phenoxy) is 1. The largest absolute Gasteiger partial charge is 0.496 e. The molecular weight excluding hydrogens is 212 g/mol. The van der Waals surface area contributed by atoms with Crippen LogP contribution in [0.15, 0.2) is 18.2 Å². The quantitative estimate of drug-likeness (QED) is 0.679. The Hall–Kier alpha value is -1.06. The molecule has 0 aliphatic rings. The lowest BCUT2D eigenvalue weighted by atomic mass is 10.1. The first-order chi connectivity index (χ1) is 8.31. The van der Waals surface area contributed by atoms with Crippen molar-refractivity contribution in [3.05, 3.63) is 29.3 Å². The number of benzene rings is 1. The molecular formula is C14H24N2O. The van der Waals surface area contributed by atoms with Crippen LogP contribution in [0.25, 0.3) is 0 Å². The van der Waals surface area contributed by atoms with Crippen molar-refractivity contribution in [1.82, 2.24) is 5.32 Å². The molecule has 0 fully saturated rings. The highest BCUT2D eigenvalue weighted by molar-refractivity contribution is 5.37. The van der Waals surface area contributed by atoms with Gasteiger partial charge in [-0.15, -0.1) is 0 Å². The Balaban J connectivity index is 2.43. The minimum atomic E-state index is 0.782. The molecule has 0 spiro atoms. The van der Waals surface area contributed by atoms with E-state index < -0.39 is 0 Å². The fourth-order valence-corrected chi connectivity index (χ4v) is 1.85. The zero-order valence-electron chi connectivity index (χ0n) is 11.0. The SMILES string of the molecule is CCc1cc(CNCCCCN)ccc1OC. The van der Waals surface area contributed by atoms with Gasteiger partial charge in [0.15, 0.2) is 0 Å². The minimum Gasteiger partial charge on any atom is -0.496 e. The number of hydrogen-bond donors (Lipinski definition) is 2. The van der Waals surface area contributed by atoms with Gasteiger partial charge in [-0.1, -0.05) is 19.1 Å². The Kier molecular flexibility index (Phi) is 6.67. The summed E-state index contributed by atoms with van der Waals surface area (Å²) < 4.78 is 5.31. The first kappa shape index (κ1) is 14.0. The van der Waals surface area contributed by atoms with Crippen LogP contribution in [0.5, 0.6) is 5.75 Å². The van der Waals surface area contributed by atoms with Crippen molar-refractivity contribution in [3.8, 4) is 5.75 Å². The number of nitrogens with one attached hydrogen (secondary N) is 1. The molecule has 3 nitrogen and oxygen atoms in total. The maximum absolute atomic E-state index is 5.45. The van der Waals surface area contributed by atoms with E-state index in [4.69, 9.17) is 10.5 Å². The molecule has 0 aliphatic heterocycles. The van der Waals surface area contributed by atoms with Crippen molar-refractivity contribution < 1.29 is 4.74 Å². The van der Waals surface area contributed by atoms with Crippen molar-refractivity contribution in [2.75, 3.05) is 20.2 Å². The highest BCUT2D eigenvalue weighted by Gasteiger charge is 2.02. The first-order valence-electron chi connectivity index (χ1n) is 6.38. The minimum absolute atomic E-state index is 0.782. The Morgan fingerprint density at radius 3 is 2.76 bits per heavy atom. The summed E-state index contributed by atoms with van der Waals surface area (Å²) in [6.45, 7) is 4.88. The van der Waals surface area contributed by atoms with E-state index in [0.717, 1.165) is 44.6 Å². The number of hydrogen-bond acceptors (Lipinski definition) is 3. The van der Waals surface area contributed by atoms with Gasteiger partial charge < -0.3 is 15.8 Å². The first-order valence-corrected chi connectivity index (χ1v) is 6.38. The second kappa shape index (κ2) is 8.09. The average molecular weight is 236 g/mol. The number of aryl methyl sites for hydroxylation is 1. The summed E-state index contributed by atoms with van der Waals surface area (Å²) in [7, 11) is 1.72. The second-order valence-electron chi connectivity index (χ2n) is 4.17. The van der Waals surface area contributed by atoms with Crippen LogP contribution in [0.3, 0.4) is 0 Å². The van der Waals surface area contributed by atoms with Gasteiger partial charge in [0.1, 0.15) is 5.75 Å². The zero-order chi connectivity index (χ0) is 12.5. The van der Waals surface area contributed by atoms with Crippen molar-refractivity contribution in [2.45, 2.75) is 32.7 Å². The predicted octanol–water partition coefficient (Wildman–Crippen LogP) is 2.09. The van der Waals surface area contributed by atoms with Crippen LogP contribution in [0, 0.1) is 0 Å². The summed E-state index contributed by atoms with van der Waals surface area (Å²) in [5.74, 6) is 0.986. The topological polar surface area (TPSA) is 47.3 Å². The number of nitrogens with two attached hydrogens (primary N) is 1. The van der Waals surface area contributed by atoms with E-state index in [2.05, 4.69) is 30.4 Å². The molecule has 1 aromatic rings. The van der Waals surface area contributed by atoms with Crippen LogP contribution < -0.4 is 15.8 Å². The molecule has 0 unspecified atom stereocenters. The van der Waals surface area contributed by atoms with Gasteiger partial charge in [0, 0.05) is 6.54 Å². The van der Waals surface area contributed by atoms with Gasteiger partial charge >= 0.3 is 0 Å². The van der Waals surface area contributed by atoms with Crippen LogP contribution in [-0.2, 0) is 13.0 Å². The molecule has 0 amide bonds. The highest BCUT2D eigenvalue weighted by atomic mass is 16.5. The van der Waals surface area contributed by atoms with E-state index in [1.807, 2.05) is 0 Å². The summed E-state index contributed by atoms with van der Waals surface area (Å²) in [4.78, 5) is 0. The molecule has 0 atom stereocenters. The molecule has 0 radical (unpaired) electrons. The Bertz CT molecular complexity index is 326. The lowest BCUT2D eigenvalue weighted by molar-refractivity contribution is 0.410. The molecule has 0 aromatic heterocycles. The molecule has 0 saturated carbocycles. The Labute approximate surface area is 104 Å². The van der Waals surface area contributed by atoms with Crippen LogP contribution in [0.1, 0.15) is 30.9 Å². The average Bonchev–Trinajstić information content (AvgIpc) is 2.38. The van der Waals surface area contributed by atoms with Crippen LogP contribution in [0.4, 0.5) is 0 Å². The Morgan fingerprint density at radius 1 is 1.29 bits per heavy atom. The van der Waals surface area contributed by atoms with E-state index in [0.29, 0.717) is 0 Å². The lowest BCUT2D eigenvalue weighted by Crippen LogP contribution is -2.16. The third-order valence-corrected chi connectivity index (χ3v) is 2.86. The van der Waals surface area contributed by atoms with Crippen LogP contribution in [-0.4, -0.2) is 20.2 Å². The van der Waals surface area contributed by atoms with Gasteiger partial charge in [-0.3, -0.25) is 0 Å². The van der Waals surface area contributed by atoms with Gasteiger partial charge in [0.2, 0.25) is 0 Å². The Morgan fingerprint density at radius 2 is 2.12 bits per heavy atom. The van der Waals surface area contributed by atoms with Gasteiger partial charge in [-0.25, -0.2) is 0 Å². The third kappa shape index (κ3) is 4.75. The van der Waals surface area contributed by atoms with Crippen LogP contribution >= 0.6 is 0 Å². The molecule has 1 aromatic carbocycles. The van der Waals surface area contributed by atoms with Crippen LogP contribution in [0.2, 0.25) is 0 Å². The number of methoxy groups -OCH3 is 1. The number of unbranched alkanes of at least 4 members (excludes halogenated alkanes) is 1. The monoisotopic (exact) mass is 236 g/mol. The normalized spacial score (nSPS) is 10.5. The zero-order valence-corrected chi connectivity index (χ0v) is 11.0. The molecule has 17 heavy (non-hydrogen) atoms. The smallest absolute Gasteiger partial charge is 0.122 e. The van der Waals surface area contributed by atoms with Gasteiger partial charge in [-0.2, -0.15) is 0 Å². The van der Waals surface area contributed by atoms with E-state index in [9.17, 15) is 0 Å². The molecule has 96 valence electrons. The standard InChI is InChI=1S/C14H24N2O/c1-3-13-10-12(6-7-14(13)17-2)11-16-9-5-4-8-15/h6-7,10,16H,3-5,8-9,11,15H2,1-2H3. The fraction of sp³-hybridized carbons (Fsp3) is 0.571. The molecule has 3 N–H and O–H groups in total. The number of rotatable bonds is 8. The summed E-state index contributed by atoms with van der Waals surface area (Å²) >= 11 is 0. The maximum atomic E-state index is 5.45. The van der Waals surface area contributed by atoms with E-state index >= 15 is 0 Å². The highest BCUT2D eigenvalue weighted by Crippen LogP contribution is 2.20. The molecule has 0 aliphatic carbocycles. The summed E-state index contributed by atoms with van der Waals surface area (Å²) in [6, 6.07) is 6.39. The molecule has 0 bridgehead atoms. The molecule has 0 saturated heterocycles. The van der Waals surface area contributed by atoms with Gasteiger partial charge in [0.25, 0.3) is 0 Å². The summed E-state index contributed by atoms with van der Waals surface area (Å²) in [5, 5.41) is 3.43. The second-order valence-corrected chi connectivity index (χ2v) is 4.17. The third-order valence-electron chi connectivity index (χ3n) is 2.86. The summed E-state index contributed by atoms with van der Waals surface area (Å²) in [6.07, 6.45) is 3.24. The van der Waals surface area contributed by atoms with Gasteiger partial charge in [-0.05, 0) is 49.5 Å². The van der Waals surface area contributed by atoms with Crippen molar-refractivity contribution in [2.24, 2.45) is 5.73 Å². The molecule has 1 rings (SSSR count). The van der Waals surface area contributed by atoms with Crippen molar-refractivity contribution >= 4 is 0 Å². The van der Waals surface area contributed by atoms with Gasteiger partial charge in [0.05, 0.1) is 7.11 Å². The van der Waals surface area contributed by atoms with E-state index in [-0.39, 0.29) is 0 Å².